The van der Waals surface area contributed by atoms with E-state index in [1.54, 1.807) is 59.4 Å². The number of carbonyl (C=O) groups is 3. The second-order valence-corrected chi connectivity index (χ2v) is 9.44. The number of aromatic nitrogens is 2. The van der Waals surface area contributed by atoms with Gasteiger partial charge in [-0.1, -0.05) is 11.6 Å². The first-order chi connectivity index (χ1) is 17.3. The van der Waals surface area contributed by atoms with Gasteiger partial charge in [-0.15, -0.1) is 0 Å². The predicted octanol–water partition coefficient (Wildman–Crippen LogP) is 3.73. The second kappa shape index (κ2) is 9.58. The molecule has 3 amide bonds. The highest BCUT2D eigenvalue weighted by Gasteiger charge is 2.30. The minimum Gasteiger partial charge on any atom is -0.341 e. The van der Waals surface area contributed by atoms with Crippen LogP contribution in [0, 0.1) is 0 Å². The van der Waals surface area contributed by atoms with Crippen molar-refractivity contribution in [1.29, 1.82) is 0 Å². The summed E-state index contributed by atoms with van der Waals surface area (Å²) in [7, 11) is 1.77. The van der Waals surface area contributed by atoms with E-state index in [1.165, 1.54) is 6.92 Å². The lowest BCUT2D eigenvalue weighted by Gasteiger charge is -2.23. The van der Waals surface area contributed by atoms with Gasteiger partial charge in [0, 0.05) is 60.7 Å². The molecule has 1 aromatic heterocycles. The summed E-state index contributed by atoms with van der Waals surface area (Å²) in [6, 6.07) is 12.5. The van der Waals surface area contributed by atoms with Crippen LogP contribution < -0.4 is 10.6 Å². The number of carbonyl (C=O) groups excluding carboxylic acids is 3. The summed E-state index contributed by atoms with van der Waals surface area (Å²) in [5.74, 6) is 0.159. The average Bonchev–Trinajstić information content (AvgIpc) is 3.30. The summed E-state index contributed by atoms with van der Waals surface area (Å²) in [6.07, 6.45) is 2.58. The summed E-state index contributed by atoms with van der Waals surface area (Å²) < 4.78 is 0. The number of benzene rings is 2. The summed E-state index contributed by atoms with van der Waals surface area (Å²) in [5, 5.41) is 6.56. The number of amides is 3. The first-order valence-electron chi connectivity index (χ1n) is 11.6. The quantitative estimate of drug-likeness (QED) is 0.560. The Morgan fingerprint density at radius 3 is 2.72 bits per heavy atom. The lowest BCUT2D eigenvalue weighted by atomic mass is 10.1. The van der Waals surface area contributed by atoms with Crippen molar-refractivity contribution < 1.29 is 14.4 Å². The monoisotopic (exact) mass is 504 g/mol. The Balaban J connectivity index is 1.32. The molecule has 36 heavy (non-hydrogen) atoms. The van der Waals surface area contributed by atoms with Crippen molar-refractivity contribution in [3.05, 3.63) is 64.8 Å². The molecule has 1 atom stereocenters. The molecule has 2 aromatic carbocycles. The van der Waals surface area contributed by atoms with E-state index in [4.69, 9.17) is 11.6 Å². The Morgan fingerprint density at radius 2 is 1.97 bits per heavy atom. The molecular weight excluding hydrogens is 480 g/mol. The molecule has 0 spiro atoms. The molecule has 2 N–H and O–H groups in total. The van der Waals surface area contributed by atoms with Crippen LogP contribution in [0.3, 0.4) is 0 Å². The highest BCUT2D eigenvalue weighted by molar-refractivity contribution is 6.31. The zero-order valence-corrected chi connectivity index (χ0v) is 20.7. The van der Waals surface area contributed by atoms with Crippen molar-refractivity contribution in [2.24, 2.45) is 0 Å². The number of likely N-dealkylation sites (N-methyl/N-ethyl adjacent to an activating group) is 1. The molecule has 5 rings (SSSR count). The Hall–Kier alpha value is -3.98. The van der Waals surface area contributed by atoms with Gasteiger partial charge in [0.15, 0.2) is 0 Å². The number of anilines is 3. The van der Waals surface area contributed by atoms with Gasteiger partial charge < -0.3 is 20.4 Å². The van der Waals surface area contributed by atoms with Crippen LogP contribution >= 0.6 is 11.6 Å². The Bertz CT molecular complexity index is 1360. The first-order valence-corrected chi connectivity index (χ1v) is 12.0. The first kappa shape index (κ1) is 23.7. The number of halogens is 1. The van der Waals surface area contributed by atoms with E-state index in [-0.39, 0.29) is 30.2 Å². The molecule has 9 nitrogen and oxygen atoms in total. The second-order valence-electron chi connectivity index (χ2n) is 9.01. The van der Waals surface area contributed by atoms with Crippen LogP contribution in [-0.4, -0.2) is 63.7 Å². The Morgan fingerprint density at radius 1 is 1.19 bits per heavy atom. The minimum absolute atomic E-state index is 0.0000977. The summed E-state index contributed by atoms with van der Waals surface area (Å²) in [5.41, 5.74) is 4.05. The van der Waals surface area contributed by atoms with Gasteiger partial charge >= 0.3 is 0 Å². The lowest BCUT2D eigenvalue weighted by Crippen LogP contribution is -2.38. The van der Waals surface area contributed by atoms with E-state index < -0.39 is 0 Å². The third-order valence-corrected chi connectivity index (χ3v) is 6.84. The Kier molecular flexibility index (Phi) is 6.32. The van der Waals surface area contributed by atoms with E-state index >= 15 is 0 Å². The maximum Gasteiger partial charge on any atom is 0.253 e. The van der Waals surface area contributed by atoms with E-state index in [0.717, 1.165) is 23.2 Å². The topological polar surface area (TPSA) is 108 Å². The molecule has 2 aliphatic heterocycles. The van der Waals surface area contributed by atoms with Crippen LogP contribution in [0.25, 0.3) is 11.3 Å². The van der Waals surface area contributed by atoms with Gasteiger partial charge in [-0.25, -0.2) is 9.97 Å². The molecule has 1 unspecified atom stereocenters. The van der Waals surface area contributed by atoms with E-state index in [9.17, 15) is 14.4 Å². The third kappa shape index (κ3) is 4.74. The fourth-order valence-electron chi connectivity index (χ4n) is 4.53. The molecule has 3 heterocycles. The normalized spacial score (nSPS) is 16.5. The predicted molar refractivity (Wildman–Crippen MR) is 137 cm³/mol. The number of likely N-dealkylation sites (tertiary alicyclic amines) is 1. The van der Waals surface area contributed by atoms with Crippen LogP contribution in [-0.2, 0) is 16.0 Å². The van der Waals surface area contributed by atoms with Crippen LogP contribution in [0.2, 0.25) is 5.02 Å². The third-order valence-electron chi connectivity index (χ3n) is 6.61. The van der Waals surface area contributed by atoms with Crippen molar-refractivity contribution in [2.45, 2.75) is 25.8 Å². The van der Waals surface area contributed by atoms with Crippen molar-refractivity contribution >= 4 is 46.6 Å². The van der Waals surface area contributed by atoms with Gasteiger partial charge in [0.1, 0.15) is 0 Å². The average molecular weight is 505 g/mol. The largest absolute Gasteiger partial charge is 0.341 e. The van der Waals surface area contributed by atoms with Gasteiger partial charge in [0.25, 0.3) is 5.91 Å². The summed E-state index contributed by atoms with van der Waals surface area (Å²) in [4.78, 5) is 49.4. The highest BCUT2D eigenvalue weighted by Crippen LogP contribution is 2.35. The number of hydrogen-bond acceptors (Lipinski definition) is 6. The maximum absolute atomic E-state index is 12.9. The zero-order valence-electron chi connectivity index (χ0n) is 19.9. The summed E-state index contributed by atoms with van der Waals surface area (Å²) >= 11 is 6.11. The van der Waals surface area contributed by atoms with Crippen molar-refractivity contribution in [2.75, 3.05) is 30.8 Å². The van der Waals surface area contributed by atoms with Gasteiger partial charge in [0.2, 0.25) is 17.8 Å². The number of hydrogen-bond donors (Lipinski definition) is 2. The minimum atomic E-state index is -0.154. The zero-order chi connectivity index (χ0) is 25.4. The van der Waals surface area contributed by atoms with Gasteiger partial charge in [-0.05, 0) is 48.9 Å². The maximum atomic E-state index is 12.9. The van der Waals surface area contributed by atoms with Crippen molar-refractivity contribution in [3.8, 4) is 11.3 Å². The van der Waals surface area contributed by atoms with Crippen molar-refractivity contribution in [3.63, 3.8) is 0 Å². The van der Waals surface area contributed by atoms with E-state index in [1.807, 2.05) is 6.07 Å². The van der Waals surface area contributed by atoms with Gasteiger partial charge in [-0.2, -0.15) is 0 Å². The number of nitrogens with one attached hydrogen (secondary N) is 2. The van der Waals surface area contributed by atoms with Crippen LogP contribution in [0.15, 0.2) is 48.7 Å². The smallest absolute Gasteiger partial charge is 0.253 e. The fourth-order valence-corrected chi connectivity index (χ4v) is 4.70. The number of nitrogens with zero attached hydrogens (tertiary/aromatic N) is 4. The van der Waals surface area contributed by atoms with Crippen LogP contribution in [0.5, 0.6) is 0 Å². The van der Waals surface area contributed by atoms with Gasteiger partial charge in [0.05, 0.1) is 23.8 Å². The molecular formula is C26H25ClN6O3. The molecule has 0 bridgehead atoms. The lowest BCUT2D eigenvalue weighted by molar-refractivity contribution is -0.129. The molecule has 10 heteroatoms. The SMILES string of the molecule is CC(=O)N(C)C1CCN(C(=O)c2ccc(Nc3ncc4c(n3)-c3ccc(Cl)cc3NC(=O)C4)cc2)C1. The van der Waals surface area contributed by atoms with Crippen LogP contribution in [0.1, 0.15) is 29.3 Å². The van der Waals surface area contributed by atoms with E-state index in [0.29, 0.717) is 41.0 Å². The number of rotatable bonds is 4. The van der Waals surface area contributed by atoms with Crippen molar-refractivity contribution in [1.82, 2.24) is 19.8 Å². The molecule has 2 aliphatic rings. The molecule has 184 valence electrons. The molecule has 0 saturated carbocycles. The molecule has 3 aromatic rings. The van der Waals surface area contributed by atoms with E-state index in [2.05, 4.69) is 20.6 Å². The van der Waals surface area contributed by atoms with Crippen LogP contribution in [0.4, 0.5) is 17.3 Å². The standard InChI is InChI=1S/C26H25ClN6O3/c1-15(34)32(2)20-9-10-33(14-20)25(36)16-3-6-19(7-4-16)29-26-28-13-17-11-23(35)30-22-12-18(27)5-8-21(22)24(17)31-26/h3-8,12-13,20H,9-11,14H2,1-2H3,(H,30,35)(H,28,29,31). The fraction of sp³-hybridized carbons (Fsp3) is 0.269. The summed E-state index contributed by atoms with van der Waals surface area (Å²) in [6.45, 7) is 2.69. The highest BCUT2D eigenvalue weighted by atomic mass is 35.5. The molecule has 0 aliphatic carbocycles. The molecule has 1 fully saturated rings. The number of fused-ring (bicyclic) bond motifs is 3. The van der Waals surface area contributed by atoms with Gasteiger partial charge in [-0.3, -0.25) is 14.4 Å². The molecule has 0 radical (unpaired) electrons. The molecule has 1 saturated heterocycles. The Labute approximate surface area is 213 Å².